The molecule has 0 saturated carbocycles. The monoisotopic (exact) mass is 616 g/mol. The van der Waals surface area contributed by atoms with Gasteiger partial charge in [0, 0.05) is 32.7 Å². The summed E-state index contributed by atoms with van der Waals surface area (Å²) >= 11 is 0. The van der Waals surface area contributed by atoms with Gasteiger partial charge in [0.1, 0.15) is 6.04 Å². The average Bonchev–Trinajstić information content (AvgIpc) is 2.99. The Morgan fingerprint density at radius 2 is 1.88 bits per heavy atom. The molecule has 13 heteroatoms. The van der Waals surface area contributed by atoms with Gasteiger partial charge < -0.3 is 25.6 Å². The number of fused-ring (bicyclic) bond motifs is 1. The lowest BCUT2D eigenvalue weighted by Gasteiger charge is -2.33. The van der Waals surface area contributed by atoms with Crippen molar-refractivity contribution in [1.29, 1.82) is 5.41 Å². The van der Waals surface area contributed by atoms with E-state index in [4.69, 9.17) is 15.9 Å². The molecule has 3 rings (SSSR count). The largest absolute Gasteiger partial charge is 0.466 e. The molecule has 2 atom stereocenters. The van der Waals surface area contributed by atoms with Crippen LogP contribution in [0, 0.1) is 11.3 Å². The Hall–Kier alpha value is -3.71. The van der Waals surface area contributed by atoms with Crippen molar-refractivity contribution in [2.75, 3.05) is 39.3 Å². The Kier molecular flexibility index (Phi) is 12.7. The Morgan fingerprint density at radius 1 is 1.14 bits per heavy atom. The van der Waals surface area contributed by atoms with E-state index in [1.54, 1.807) is 30.0 Å². The topological polar surface area (TPSA) is 175 Å². The zero-order valence-electron chi connectivity index (χ0n) is 25.0. The van der Waals surface area contributed by atoms with Crippen molar-refractivity contribution in [3.05, 3.63) is 42.5 Å². The Balaban J connectivity index is 1.80. The van der Waals surface area contributed by atoms with Gasteiger partial charge in [-0.3, -0.25) is 19.8 Å². The molecule has 5 N–H and O–H groups in total. The molecule has 0 spiro atoms. The highest BCUT2D eigenvalue weighted by Crippen LogP contribution is 2.20. The molecule has 2 aromatic carbocycles. The van der Waals surface area contributed by atoms with Crippen LogP contribution < -0.4 is 15.8 Å². The van der Waals surface area contributed by atoms with Crippen molar-refractivity contribution in [1.82, 2.24) is 19.8 Å². The highest BCUT2D eigenvalue weighted by atomic mass is 32.2. The van der Waals surface area contributed by atoms with Crippen LogP contribution >= 0.6 is 0 Å². The molecule has 0 aromatic heterocycles. The predicted molar refractivity (Wildman–Crippen MR) is 165 cm³/mol. The molecule has 1 heterocycles. The molecule has 12 nitrogen and oxygen atoms in total. The number of guanidine groups is 1. The lowest BCUT2D eigenvalue weighted by Crippen LogP contribution is -2.51. The average molecular weight is 617 g/mol. The number of nitrogens with zero attached hydrogens (tertiary/aromatic N) is 2. The maximum absolute atomic E-state index is 13.8. The van der Waals surface area contributed by atoms with Crippen molar-refractivity contribution in [3.8, 4) is 0 Å². The van der Waals surface area contributed by atoms with Crippen LogP contribution in [-0.2, 0) is 29.1 Å². The van der Waals surface area contributed by atoms with Crippen molar-refractivity contribution in [2.24, 2.45) is 11.7 Å². The van der Waals surface area contributed by atoms with Gasteiger partial charge in [-0.1, -0.05) is 43.7 Å². The van der Waals surface area contributed by atoms with Crippen LogP contribution in [-0.4, -0.2) is 87.3 Å². The van der Waals surface area contributed by atoms with Crippen molar-refractivity contribution in [2.45, 2.75) is 63.3 Å². The van der Waals surface area contributed by atoms with Crippen LogP contribution in [0.15, 0.2) is 47.4 Å². The molecular formula is C30H44N6O6S. The minimum absolute atomic E-state index is 0.0141. The van der Waals surface area contributed by atoms with Gasteiger partial charge in [-0.15, -0.1) is 0 Å². The predicted octanol–water partition coefficient (Wildman–Crippen LogP) is 2.18. The smallest absolute Gasteiger partial charge is 0.307 e. The number of nitrogens with two attached hydrogens (primary N) is 1. The molecule has 0 bridgehead atoms. The van der Waals surface area contributed by atoms with Gasteiger partial charge in [0.25, 0.3) is 0 Å². The number of likely N-dealkylation sites (tertiary alicyclic amines) is 1. The second-order valence-corrected chi connectivity index (χ2v) is 12.5. The molecule has 1 aliphatic heterocycles. The highest BCUT2D eigenvalue weighted by Gasteiger charge is 2.32. The summed E-state index contributed by atoms with van der Waals surface area (Å²) in [4.78, 5) is 42.2. The number of esters is 1. The summed E-state index contributed by atoms with van der Waals surface area (Å²) < 4.78 is 34.6. The number of hydrogen-bond acceptors (Lipinski definition) is 7. The van der Waals surface area contributed by atoms with Crippen LogP contribution in [0.5, 0.6) is 0 Å². The summed E-state index contributed by atoms with van der Waals surface area (Å²) in [5, 5.41) is 12.1. The summed E-state index contributed by atoms with van der Waals surface area (Å²) in [6.45, 7) is 5.73. The normalized spacial score (nSPS) is 16.0. The first-order chi connectivity index (χ1) is 20.5. The van der Waals surface area contributed by atoms with Crippen LogP contribution in [0.4, 0.5) is 0 Å². The van der Waals surface area contributed by atoms with E-state index >= 15 is 0 Å². The third-order valence-corrected chi connectivity index (χ3v) is 8.92. The van der Waals surface area contributed by atoms with Crippen LogP contribution in [0.1, 0.15) is 52.4 Å². The fourth-order valence-electron chi connectivity index (χ4n) is 5.10. The van der Waals surface area contributed by atoms with Gasteiger partial charge in [0.05, 0.1) is 24.3 Å². The van der Waals surface area contributed by atoms with Gasteiger partial charge in [0.15, 0.2) is 5.96 Å². The number of nitrogens with one attached hydrogen (secondary N) is 3. The number of sulfonamides is 1. The van der Waals surface area contributed by atoms with Gasteiger partial charge in [-0.25, -0.2) is 8.42 Å². The minimum atomic E-state index is -4.20. The molecule has 0 unspecified atom stereocenters. The number of piperidine rings is 1. The van der Waals surface area contributed by atoms with Crippen molar-refractivity contribution < 1.29 is 27.5 Å². The van der Waals surface area contributed by atoms with E-state index in [0.717, 1.165) is 30.0 Å². The maximum Gasteiger partial charge on any atom is 0.307 e. The van der Waals surface area contributed by atoms with Crippen molar-refractivity contribution >= 4 is 44.5 Å². The Morgan fingerprint density at radius 3 is 2.58 bits per heavy atom. The van der Waals surface area contributed by atoms with Gasteiger partial charge >= 0.3 is 5.97 Å². The quantitative estimate of drug-likeness (QED) is 0.134. The lowest BCUT2D eigenvalue weighted by atomic mass is 9.98. The molecule has 1 saturated heterocycles. The van der Waals surface area contributed by atoms with E-state index in [1.165, 1.54) is 17.0 Å². The molecule has 0 aliphatic carbocycles. The van der Waals surface area contributed by atoms with E-state index in [-0.39, 0.29) is 36.3 Å². The highest BCUT2D eigenvalue weighted by molar-refractivity contribution is 7.89. The third-order valence-electron chi connectivity index (χ3n) is 7.45. The number of carbonyl (C=O) groups is 3. The molecule has 236 valence electrons. The maximum atomic E-state index is 13.8. The number of amides is 2. The van der Waals surface area contributed by atoms with Gasteiger partial charge in [-0.2, -0.15) is 4.72 Å². The van der Waals surface area contributed by atoms with E-state index in [1.807, 2.05) is 19.1 Å². The fraction of sp³-hybridized carbons (Fsp3) is 0.533. The molecule has 0 radical (unpaired) electrons. The van der Waals surface area contributed by atoms with E-state index in [9.17, 15) is 22.8 Å². The molecule has 43 heavy (non-hydrogen) atoms. The summed E-state index contributed by atoms with van der Waals surface area (Å²) in [5.74, 6) is -1.48. The number of hydrogen-bond donors (Lipinski definition) is 4. The van der Waals surface area contributed by atoms with Crippen LogP contribution in [0.2, 0.25) is 0 Å². The number of unbranched alkanes of at least 4 members (excludes halogenated alkanes) is 1. The van der Waals surface area contributed by atoms with Gasteiger partial charge in [-0.05, 0) is 55.0 Å². The first-order valence-electron chi connectivity index (χ1n) is 14.8. The molecule has 1 fully saturated rings. The minimum Gasteiger partial charge on any atom is -0.466 e. The van der Waals surface area contributed by atoms with Gasteiger partial charge in [0.2, 0.25) is 21.8 Å². The second kappa shape index (κ2) is 16.2. The van der Waals surface area contributed by atoms with E-state index in [0.29, 0.717) is 32.6 Å². The first kappa shape index (κ1) is 33.8. The molecule has 2 amide bonds. The van der Waals surface area contributed by atoms with E-state index in [2.05, 4.69) is 10.0 Å². The Bertz CT molecular complexity index is 1380. The zero-order chi connectivity index (χ0) is 31.4. The Labute approximate surface area is 253 Å². The number of carbonyl (C=O) groups excluding carboxylic acids is 3. The standard InChI is InChI=1S/C30H44N6O6S/c1-3-5-15-35(17-14-28(38)42-4-2)29(39)26(19-27(37)33-20-22-9-8-16-36(21-22)30(31)32)34-43(40,41)25-13-12-23-10-6-7-11-24(23)18-25/h6-7,10-13,18,22,26,34H,3-5,8-9,14-17,19-21H2,1-2H3,(H3,31,32)(H,33,37)/t22-,26-/m0/s1. The zero-order valence-corrected chi connectivity index (χ0v) is 25.8. The summed E-state index contributed by atoms with van der Waals surface area (Å²) in [5.41, 5.74) is 5.63. The van der Waals surface area contributed by atoms with E-state index < -0.39 is 40.3 Å². The molecular weight excluding hydrogens is 572 g/mol. The summed E-state index contributed by atoms with van der Waals surface area (Å²) in [6.07, 6.45) is 2.62. The fourth-order valence-corrected chi connectivity index (χ4v) is 6.32. The van der Waals surface area contributed by atoms with Crippen LogP contribution in [0.3, 0.4) is 0 Å². The molecule has 1 aliphatic rings. The summed E-state index contributed by atoms with van der Waals surface area (Å²) in [6, 6.07) is 10.6. The molecule has 2 aromatic rings. The third kappa shape index (κ3) is 10.2. The number of ether oxygens (including phenoxy) is 1. The SMILES string of the molecule is CCCCN(CCC(=O)OCC)C(=O)[C@H](CC(=O)NC[C@@H]1CCCN(C(=N)N)C1)NS(=O)(=O)c1ccc2ccccc2c1. The summed E-state index contributed by atoms with van der Waals surface area (Å²) in [7, 11) is -4.20. The lowest BCUT2D eigenvalue weighted by molar-refractivity contribution is -0.144. The van der Waals surface area contributed by atoms with Crippen molar-refractivity contribution in [3.63, 3.8) is 0 Å². The second-order valence-electron chi connectivity index (χ2n) is 10.8. The number of rotatable bonds is 15. The van der Waals surface area contributed by atoms with Crippen LogP contribution in [0.25, 0.3) is 10.8 Å². The first-order valence-corrected chi connectivity index (χ1v) is 16.3. The number of benzene rings is 2.